The van der Waals surface area contributed by atoms with Crippen LogP contribution in [0.15, 0.2) is 28.4 Å². The van der Waals surface area contributed by atoms with E-state index in [0.717, 1.165) is 21.4 Å². The highest BCUT2D eigenvalue weighted by molar-refractivity contribution is 5.91. The van der Waals surface area contributed by atoms with Crippen LogP contribution in [-0.2, 0) is 0 Å². The Hall–Kier alpha value is -5.01. The predicted octanol–water partition coefficient (Wildman–Crippen LogP) is 2.28. The van der Waals surface area contributed by atoms with Gasteiger partial charge in [-0.2, -0.15) is 0 Å². The average molecular weight is 381 g/mol. The van der Waals surface area contributed by atoms with Crippen LogP contribution in [0, 0.1) is 20.2 Å². The molecule has 0 saturated carbocycles. The molecule has 0 N–H and O–H groups in total. The first kappa shape index (κ1) is 16.5. The second-order valence-corrected chi connectivity index (χ2v) is 5.18. The summed E-state index contributed by atoms with van der Waals surface area (Å²) < 4.78 is 2.05. The van der Waals surface area contributed by atoms with Gasteiger partial charge < -0.3 is 0 Å². The normalized spacial score (nSPS) is 10.7. The number of rotatable bonds is 4. The number of nitro benzene ring substituents is 2. The Bertz CT molecular complexity index is 1360. The zero-order valence-electron chi connectivity index (χ0n) is 13.2. The van der Waals surface area contributed by atoms with Crippen molar-refractivity contribution < 1.29 is 14.6 Å². The molecule has 28 heavy (non-hydrogen) atoms. The highest BCUT2D eigenvalue weighted by Crippen LogP contribution is 2.32. The van der Waals surface area contributed by atoms with E-state index >= 15 is 0 Å². The van der Waals surface area contributed by atoms with E-state index in [4.69, 9.17) is 11.1 Å². The smallest absolute Gasteiger partial charge is 0.258 e. The first-order valence-corrected chi connectivity index (χ1v) is 7.10. The second-order valence-electron chi connectivity index (χ2n) is 5.18. The van der Waals surface area contributed by atoms with E-state index in [-0.39, 0.29) is 33.7 Å². The summed E-state index contributed by atoms with van der Waals surface area (Å²) in [6.07, 6.45) is 0. The van der Waals surface area contributed by atoms with Crippen molar-refractivity contribution in [3.63, 3.8) is 0 Å². The van der Waals surface area contributed by atoms with Gasteiger partial charge in [-0.25, -0.2) is 4.98 Å². The van der Waals surface area contributed by atoms with Crippen LogP contribution in [-0.4, -0.2) is 24.4 Å². The van der Waals surface area contributed by atoms with Crippen LogP contribution in [0.4, 0.5) is 22.9 Å². The summed E-state index contributed by atoms with van der Waals surface area (Å²) in [7, 11) is 0. The molecule has 0 amide bonds. The molecule has 4 aromatic rings. The van der Waals surface area contributed by atoms with Gasteiger partial charge >= 0.3 is 0 Å². The van der Waals surface area contributed by atoms with Gasteiger partial charge in [0.15, 0.2) is 11.2 Å². The zero-order valence-corrected chi connectivity index (χ0v) is 13.2. The fourth-order valence-electron chi connectivity index (χ4n) is 2.65. The van der Waals surface area contributed by atoms with Crippen molar-refractivity contribution in [1.29, 1.82) is 0 Å². The van der Waals surface area contributed by atoms with E-state index in [9.17, 15) is 20.2 Å². The Morgan fingerprint density at radius 1 is 1.14 bits per heavy atom. The zero-order chi connectivity index (χ0) is 20.0. The highest BCUT2D eigenvalue weighted by atomic mass is 16.6. The van der Waals surface area contributed by atoms with Gasteiger partial charge in [0.1, 0.15) is 11.3 Å². The van der Waals surface area contributed by atoms with E-state index in [1.807, 2.05) is 0 Å². The van der Waals surface area contributed by atoms with E-state index in [1.165, 1.54) is 6.07 Å². The molecule has 4 rings (SSSR count). The molecule has 0 fully saturated rings. The lowest BCUT2D eigenvalue weighted by atomic mass is 10.2. The summed E-state index contributed by atoms with van der Waals surface area (Å²) in [5.74, 6) is -0.172. The molecule has 136 valence electrons. The number of hydrogen-bond acceptors (Lipinski definition) is 8. The minimum absolute atomic E-state index is 0.0374. The Morgan fingerprint density at radius 2 is 1.89 bits per heavy atom. The quantitative estimate of drug-likeness (QED) is 0.127. The number of nitrogens with zero attached hydrogens (tertiary/aromatic N) is 13. The average Bonchev–Trinajstić information content (AvgIpc) is 3.17. The van der Waals surface area contributed by atoms with Crippen LogP contribution >= 0.6 is 0 Å². The molecule has 0 aliphatic heterocycles. The van der Waals surface area contributed by atoms with Crippen LogP contribution < -0.4 is 9.84 Å². The molecule has 17 nitrogen and oxygen atoms in total. The molecular weight excluding hydrogens is 378 g/mol. The number of nitro groups is 2. The maximum absolute atomic E-state index is 11.3. The Kier molecular flexibility index (Phi) is 3.39. The third kappa shape index (κ3) is 2.25. The molecular formula is C11H3N13O4. The van der Waals surface area contributed by atoms with E-state index in [2.05, 4.69) is 35.2 Å². The van der Waals surface area contributed by atoms with Crippen molar-refractivity contribution >= 4 is 45.1 Å². The standard InChI is InChI=1S/C11H3N13O4/c12-19-15-5-3-8(16-20-13)14-11-9(5)17-24-18-10-6(21(11)24)1-4(22(25)26)2-7(10)23(27)28/h1-3H. The van der Waals surface area contributed by atoms with Crippen molar-refractivity contribution in [3.05, 3.63) is 59.3 Å². The molecule has 3 heterocycles. The number of fused-ring (bicyclic) bond motifs is 5. The van der Waals surface area contributed by atoms with Crippen molar-refractivity contribution in [2.45, 2.75) is 0 Å². The number of azide groups is 2. The Balaban J connectivity index is 2.24. The van der Waals surface area contributed by atoms with E-state index < -0.39 is 21.2 Å². The largest absolute Gasteiger partial charge is 0.292 e. The fraction of sp³-hybridized carbons (Fsp3) is 0. The lowest BCUT2D eigenvalue weighted by molar-refractivity contribution is -0.727. The highest BCUT2D eigenvalue weighted by Gasteiger charge is 2.25. The first-order valence-electron chi connectivity index (χ1n) is 7.10. The van der Waals surface area contributed by atoms with Crippen LogP contribution in [0.1, 0.15) is 0 Å². The van der Waals surface area contributed by atoms with Crippen LogP contribution in [0.3, 0.4) is 0 Å². The minimum Gasteiger partial charge on any atom is -0.258 e. The molecule has 3 aromatic heterocycles. The van der Waals surface area contributed by atoms with Gasteiger partial charge in [-0.15, -0.1) is 4.52 Å². The summed E-state index contributed by atoms with van der Waals surface area (Å²) in [5, 5.41) is 37.3. The SMILES string of the molecule is [N-]=[N+]=Nc1cc(N=[N+]=[N-])c2[n-][n+]3nc4c([N+](=O)[O-])cc([N+](=O)[O-])cc4n3c2n1. The number of benzene rings is 1. The van der Waals surface area contributed by atoms with Gasteiger partial charge in [0.2, 0.25) is 0 Å². The number of pyridine rings is 1. The monoisotopic (exact) mass is 381 g/mol. The lowest BCUT2D eigenvalue weighted by Crippen LogP contribution is -2.32. The Morgan fingerprint density at radius 3 is 2.54 bits per heavy atom. The van der Waals surface area contributed by atoms with Gasteiger partial charge in [-0.05, 0) is 27.0 Å². The van der Waals surface area contributed by atoms with E-state index in [1.54, 1.807) is 0 Å². The topological polar surface area (TPSA) is 232 Å². The molecule has 0 bridgehead atoms. The van der Waals surface area contributed by atoms with Gasteiger partial charge in [-0.3, -0.25) is 20.2 Å². The molecule has 0 atom stereocenters. The van der Waals surface area contributed by atoms with Gasteiger partial charge in [0.05, 0.1) is 27.1 Å². The van der Waals surface area contributed by atoms with E-state index in [0.29, 0.717) is 0 Å². The molecule has 0 saturated heterocycles. The van der Waals surface area contributed by atoms with Crippen molar-refractivity contribution in [2.75, 3.05) is 0 Å². The Labute approximate surface area is 149 Å². The second kappa shape index (κ2) is 5.77. The molecule has 1 aromatic carbocycles. The summed E-state index contributed by atoms with van der Waals surface area (Å²) in [6, 6.07) is 3.02. The fourth-order valence-corrected chi connectivity index (χ4v) is 2.65. The van der Waals surface area contributed by atoms with Gasteiger partial charge in [0, 0.05) is 15.9 Å². The first-order chi connectivity index (χ1) is 13.4. The summed E-state index contributed by atoms with van der Waals surface area (Å²) in [5.41, 5.74) is 15.9. The molecule has 17 heteroatoms. The third-order valence-electron chi connectivity index (χ3n) is 3.69. The summed E-state index contributed by atoms with van der Waals surface area (Å²) >= 11 is 0. The molecule has 0 aliphatic carbocycles. The van der Waals surface area contributed by atoms with Crippen LogP contribution in [0.25, 0.3) is 43.1 Å². The van der Waals surface area contributed by atoms with Crippen molar-refractivity contribution in [2.24, 2.45) is 10.2 Å². The molecule has 0 radical (unpaired) electrons. The maximum Gasteiger partial charge on any atom is 0.292 e. The summed E-state index contributed by atoms with van der Waals surface area (Å²) in [4.78, 5) is 30.2. The predicted molar refractivity (Wildman–Crippen MR) is 87.9 cm³/mol. The van der Waals surface area contributed by atoms with Crippen LogP contribution in [0.2, 0.25) is 0 Å². The molecule has 0 unspecified atom stereocenters. The van der Waals surface area contributed by atoms with Crippen molar-refractivity contribution in [1.82, 2.24) is 19.7 Å². The van der Waals surface area contributed by atoms with Gasteiger partial charge in [0.25, 0.3) is 11.4 Å². The number of aromatic nitrogens is 5. The number of non-ortho nitro benzene ring substituents is 2. The molecule has 0 aliphatic rings. The van der Waals surface area contributed by atoms with Crippen molar-refractivity contribution in [3.8, 4) is 0 Å². The third-order valence-corrected chi connectivity index (χ3v) is 3.69. The lowest BCUT2D eigenvalue weighted by Gasteiger charge is -1.99. The number of hydrogen-bond donors (Lipinski definition) is 0. The molecule has 0 spiro atoms. The van der Waals surface area contributed by atoms with Gasteiger partial charge in [-0.1, -0.05) is 15.3 Å². The maximum atomic E-state index is 11.3. The van der Waals surface area contributed by atoms with Crippen LogP contribution in [0.5, 0.6) is 0 Å². The minimum atomic E-state index is -0.811. The summed E-state index contributed by atoms with van der Waals surface area (Å²) in [6.45, 7) is 0.